The molecule has 1 aromatic heterocycles. The molecule has 1 heterocycles. The monoisotopic (exact) mass is 489 g/mol. The van der Waals surface area contributed by atoms with Crippen molar-refractivity contribution in [2.24, 2.45) is 0 Å². The second-order valence-corrected chi connectivity index (χ2v) is 6.60. The van der Waals surface area contributed by atoms with Gasteiger partial charge in [0.1, 0.15) is 11.4 Å². The highest BCUT2D eigenvalue weighted by Gasteiger charge is 2.27. The van der Waals surface area contributed by atoms with E-state index in [1.807, 2.05) is 0 Å². The number of benzene rings is 3. The van der Waals surface area contributed by atoms with Gasteiger partial charge in [-0.1, -0.05) is 5.16 Å². The molecule has 0 aliphatic heterocycles. The van der Waals surface area contributed by atoms with Crippen molar-refractivity contribution in [2.45, 2.75) is 0 Å². The molecule has 0 fully saturated rings. The smallest absolute Gasteiger partial charge is 0.349 e. The van der Waals surface area contributed by atoms with E-state index in [2.05, 4.69) is 9.89 Å². The van der Waals surface area contributed by atoms with E-state index in [9.17, 15) is 39.9 Å². The van der Waals surface area contributed by atoms with Crippen LogP contribution < -0.4 is 9.47 Å². The molecule has 0 saturated carbocycles. The van der Waals surface area contributed by atoms with Crippen LogP contribution in [-0.2, 0) is 4.79 Å². The molecular weight excluding hydrogens is 482 g/mol. The first-order valence-electron chi connectivity index (χ1n) is 8.97. The Labute approximate surface area is 183 Å². The van der Waals surface area contributed by atoms with E-state index in [4.69, 9.17) is 9.26 Å². The molecule has 5 nitrogen and oxygen atoms in total. The molecule has 0 aliphatic carbocycles. The van der Waals surface area contributed by atoms with Crippen molar-refractivity contribution in [3.05, 3.63) is 76.9 Å². The van der Waals surface area contributed by atoms with Gasteiger partial charge in [0.15, 0.2) is 35.4 Å². The number of carbonyl (C=O) groups is 1. The van der Waals surface area contributed by atoms with E-state index < -0.39 is 64.9 Å². The Kier molecular flexibility index (Phi) is 5.85. The van der Waals surface area contributed by atoms with Gasteiger partial charge in [0.2, 0.25) is 29.1 Å². The topological polar surface area (TPSA) is 61.6 Å². The molecule has 4 rings (SSSR count). The molecular formula is C21H7F8NO4. The van der Waals surface area contributed by atoms with Gasteiger partial charge in [-0.25, -0.2) is 31.1 Å². The summed E-state index contributed by atoms with van der Waals surface area (Å²) in [6.45, 7) is -1.23. The van der Waals surface area contributed by atoms with Crippen LogP contribution in [0.25, 0.3) is 22.2 Å². The first-order valence-corrected chi connectivity index (χ1v) is 8.97. The highest BCUT2D eigenvalue weighted by molar-refractivity contribution is 5.92. The zero-order valence-corrected chi connectivity index (χ0v) is 16.2. The lowest BCUT2D eigenvalue weighted by Gasteiger charge is -2.10. The fourth-order valence-corrected chi connectivity index (χ4v) is 2.89. The van der Waals surface area contributed by atoms with Gasteiger partial charge in [-0.3, -0.25) is 0 Å². The van der Waals surface area contributed by atoms with Crippen LogP contribution in [0.1, 0.15) is 0 Å². The number of rotatable bonds is 5. The predicted octanol–water partition coefficient (Wildman–Crippen LogP) is 5.59. The Morgan fingerprint density at radius 2 is 1.38 bits per heavy atom. The third-order valence-electron chi connectivity index (χ3n) is 4.44. The first kappa shape index (κ1) is 23.0. The summed E-state index contributed by atoms with van der Waals surface area (Å²) in [6, 6.07) is 4.95. The Balaban J connectivity index is 1.51. The maximum absolute atomic E-state index is 13.6. The van der Waals surface area contributed by atoms with Gasteiger partial charge >= 0.3 is 5.97 Å². The Bertz CT molecular complexity index is 1400. The second kappa shape index (κ2) is 8.65. The largest absolute Gasteiger partial charge is 0.476 e. The lowest BCUT2D eigenvalue weighted by Crippen LogP contribution is -2.19. The van der Waals surface area contributed by atoms with E-state index in [1.54, 1.807) is 0 Å². The van der Waals surface area contributed by atoms with Crippen molar-refractivity contribution in [1.29, 1.82) is 0 Å². The highest BCUT2D eigenvalue weighted by Crippen LogP contribution is 2.32. The zero-order chi connectivity index (χ0) is 24.7. The van der Waals surface area contributed by atoms with Crippen LogP contribution in [0, 0.1) is 46.5 Å². The van der Waals surface area contributed by atoms with Crippen LogP contribution in [0.5, 0.6) is 11.5 Å². The standard InChI is InChI=1S/C21H7F8NO4/c22-10-3-7(4-11(23)14(10)24)20-9-2-1-8(5-12(9)34-30-20)33-13(31)6-32-21-18(28)16(26)15(25)17(27)19(21)29/h1-5H,6H2. The van der Waals surface area contributed by atoms with Gasteiger partial charge < -0.3 is 14.0 Å². The molecule has 4 aromatic rings. The predicted molar refractivity (Wildman–Crippen MR) is 96.7 cm³/mol. The van der Waals surface area contributed by atoms with Crippen LogP contribution in [0.2, 0.25) is 0 Å². The van der Waals surface area contributed by atoms with Crippen LogP contribution >= 0.6 is 0 Å². The number of fused-ring (bicyclic) bond motifs is 1. The Hall–Kier alpha value is -4.16. The molecule has 3 aromatic carbocycles. The number of aromatic nitrogens is 1. The summed E-state index contributed by atoms with van der Waals surface area (Å²) < 4.78 is 121. The molecule has 0 saturated heterocycles. The molecule has 0 atom stereocenters. The normalized spacial score (nSPS) is 11.2. The van der Waals surface area contributed by atoms with Crippen LogP contribution in [0.15, 0.2) is 34.9 Å². The third-order valence-corrected chi connectivity index (χ3v) is 4.44. The molecule has 0 aliphatic rings. The number of esters is 1. The minimum atomic E-state index is -2.39. The van der Waals surface area contributed by atoms with Crippen molar-refractivity contribution in [3.8, 4) is 22.8 Å². The molecule has 13 heteroatoms. The lowest BCUT2D eigenvalue weighted by atomic mass is 10.1. The molecule has 34 heavy (non-hydrogen) atoms. The first-order chi connectivity index (χ1) is 16.1. The number of halogens is 8. The maximum Gasteiger partial charge on any atom is 0.349 e. The summed E-state index contributed by atoms with van der Waals surface area (Å²) in [7, 11) is 0. The minimum Gasteiger partial charge on any atom is -0.476 e. The van der Waals surface area contributed by atoms with Crippen LogP contribution in [0.4, 0.5) is 35.1 Å². The van der Waals surface area contributed by atoms with Gasteiger partial charge in [0, 0.05) is 17.0 Å². The molecule has 0 amide bonds. The van der Waals surface area contributed by atoms with Crippen LogP contribution in [0.3, 0.4) is 0 Å². The Morgan fingerprint density at radius 1 is 0.794 bits per heavy atom. The Morgan fingerprint density at radius 3 is 2.00 bits per heavy atom. The van der Waals surface area contributed by atoms with Gasteiger partial charge in [0.05, 0.1) is 0 Å². The van der Waals surface area contributed by atoms with Crippen molar-refractivity contribution >= 4 is 16.9 Å². The van der Waals surface area contributed by atoms with Crippen molar-refractivity contribution in [3.63, 3.8) is 0 Å². The molecule has 0 unspecified atom stereocenters. The van der Waals surface area contributed by atoms with E-state index in [1.165, 1.54) is 12.1 Å². The molecule has 176 valence electrons. The second-order valence-electron chi connectivity index (χ2n) is 6.60. The summed E-state index contributed by atoms with van der Waals surface area (Å²) in [6.07, 6.45) is 0. The summed E-state index contributed by atoms with van der Waals surface area (Å²) >= 11 is 0. The van der Waals surface area contributed by atoms with Crippen molar-refractivity contribution in [2.75, 3.05) is 6.61 Å². The zero-order valence-electron chi connectivity index (χ0n) is 16.2. The quantitative estimate of drug-likeness (QED) is 0.120. The average molecular weight is 489 g/mol. The van der Waals surface area contributed by atoms with E-state index in [0.717, 1.165) is 6.07 Å². The number of carbonyl (C=O) groups excluding carboxylic acids is 1. The van der Waals surface area contributed by atoms with Crippen molar-refractivity contribution < 1.29 is 53.9 Å². The van der Waals surface area contributed by atoms with Gasteiger partial charge in [-0.15, -0.1) is 0 Å². The van der Waals surface area contributed by atoms with E-state index in [-0.39, 0.29) is 28.0 Å². The molecule has 0 N–H and O–H groups in total. The molecule has 0 bridgehead atoms. The van der Waals surface area contributed by atoms with Crippen LogP contribution in [-0.4, -0.2) is 17.7 Å². The number of nitrogens with zero attached hydrogens (tertiary/aromatic N) is 1. The van der Waals surface area contributed by atoms with Gasteiger partial charge in [-0.05, 0) is 24.3 Å². The SMILES string of the molecule is O=C(COc1c(F)c(F)c(F)c(F)c1F)Oc1ccc2c(-c3cc(F)c(F)c(F)c3)noc2c1. The summed E-state index contributed by atoms with van der Waals surface area (Å²) in [4.78, 5) is 11.9. The summed E-state index contributed by atoms with van der Waals surface area (Å²) in [5.74, 6) is -19.2. The fourth-order valence-electron chi connectivity index (χ4n) is 2.89. The third kappa shape index (κ3) is 4.00. The average Bonchev–Trinajstić information content (AvgIpc) is 3.23. The van der Waals surface area contributed by atoms with Gasteiger partial charge in [-0.2, -0.15) is 8.78 Å². The van der Waals surface area contributed by atoms with Gasteiger partial charge in [0.25, 0.3) is 0 Å². The minimum absolute atomic E-state index is 0.0360. The summed E-state index contributed by atoms with van der Waals surface area (Å²) in [5.41, 5.74) is -0.234. The highest BCUT2D eigenvalue weighted by atomic mass is 19.2. The maximum atomic E-state index is 13.6. The fraction of sp³-hybridized carbons (Fsp3) is 0.0476. The lowest BCUT2D eigenvalue weighted by molar-refractivity contribution is -0.136. The number of ether oxygens (including phenoxy) is 2. The van der Waals surface area contributed by atoms with E-state index >= 15 is 0 Å². The molecule has 0 radical (unpaired) electrons. The number of hydrogen-bond acceptors (Lipinski definition) is 5. The van der Waals surface area contributed by atoms with Crippen molar-refractivity contribution in [1.82, 2.24) is 5.16 Å². The van der Waals surface area contributed by atoms with E-state index in [0.29, 0.717) is 12.1 Å². The number of hydrogen-bond donors (Lipinski definition) is 0. The summed E-state index contributed by atoms with van der Waals surface area (Å²) in [5, 5.41) is 3.83. The molecule has 0 spiro atoms.